The molecular weight excluding hydrogens is 672 g/mol. The van der Waals surface area contributed by atoms with E-state index in [1.807, 2.05) is 0 Å². The van der Waals surface area contributed by atoms with Gasteiger partial charge in [-0.25, -0.2) is 0 Å². The van der Waals surface area contributed by atoms with Gasteiger partial charge in [-0.1, -0.05) is 0 Å². The van der Waals surface area contributed by atoms with E-state index in [1.165, 1.54) is 20.8 Å². The molecule has 5 rings (SSSR count). The first kappa shape index (κ1) is 39.4. The number of hydrogen-bond donors (Lipinski definition) is 12. The molecule has 0 unspecified atom stereocenters. The second-order valence-corrected chi connectivity index (χ2v) is 13.0. The van der Waals surface area contributed by atoms with Crippen molar-refractivity contribution in [3.63, 3.8) is 0 Å². The number of rotatable bonds is 8. The molecule has 0 radical (unpaired) electrons. The monoisotopic (exact) mass is 720 g/mol. The predicted molar refractivity (Wildman–Crippen MR) is 150 cm³/mol. The molecule has 49 heavy (non-hydrogen) atoms. The van der Waals surface area contributed by atoms with Crippen LogP contribution in [0.25, 0.3) is 0 Å². The highest BCUT2D eigenvalue weighted by atomic mass is 16.8. The summed E-state index contributed by atoms with van der Waals surface area (Å²) in [6.45, 7) is 3.23. The molecule has 5 saturated heterocycles. The summed E-state index contributed by atoms with van der Waals surface area (Å²) < 4.78 is 51.8. The SMILES string of the molecule is C[C@@H]1O[C@@H](O[C@@H]2[C@@H](O[C@H]3OC[C@H](O)[C@@H](O)[C@@H]3O)[C@H](C)O[C@@H](O[C@@H]3[C@@H](O)[C@H](C)O[C@@H](O)[C@@H]3O)[C@@H]2O[C@H]2OC[C@H](O)[C@@H](O)[C@@H]2O)[C@H](O)[C@H](O)[C@H]1O. The Labute approximate surface area is 279 Å². The standard InChI is InChI=1S/C28H48O21/c1-6-11(31)15(35)18(38)27(44-6)48-22-20(46-25-16(36)13(33)9(29)4-41-25)8(3)45-28(47-21-12(32)7(2)43-24(40)19(21)39)23(22)49-26-17(37)14(34)10(30)5-42-26/h6-40H,4-5H2,1-3H3/t6-,7-,8-,9-,10-,11-,12-,13+,14+,15+,16-,17-,18+,19+,20-,21+,22+,23+,24+,25+,26+,27-,28-/m0/s1. The zero-order valence-electron chi connectivity index (χ0n) is 26.7. The van der Waals surface area contributed by atoms with Crippen molar-refractivity contribution in [3.05, 3.63) is 0 Å². The van der Waals surface area contributed by atoms with Crippen molar-refractivity contribution in [3.8, 4) is 0 Å². The minimum absolute atomic E-state index is 0.462. The van der Waals surface area contributed by atoms with Crippen molar-refractivity contribution in [1.29, 1.82) is 0 Å². The molecular formula is C28H48O21. The Bertz CT molecular complexity index is 1050. The largest absolute Gasteiger partial charge is 0.388 e. The highest BCUT2D eigenvalue weighted by Crippen LogP contribution is 2.37. The van der Waals surface area contributed by atoms with Gasteiger partial charge in [0.2, 0.25) is 0 Å². The molecule has 0 aromatic rings. The first-order valence-electron chi connectivity index (χ1n) is 16.0. The lowest BCUT2D eigenvalue weighted by atomic mass is 9.95. The topological polar surface area (TPSA) is 326 Å². The molecule has 21 nitrogen and oxygen atoms in total. The van der Waals surface area contributed by atoms with E-state index < -0.39 is 155 Å². The average molecular weight is 721 g/mol. The number of aliphatic hydroxyl groups excluding tert-OH is 12. The molecule has 0 aromatic heterocycles. The molecule has 0 aliphatic carbocycles. The van der Waals surface area contributed by atoms with Gasteiger partial charge in [0.15, 0.2) is 31.5 Å². The van der Waals surface area contributed by atoms with Gasteiger partial charge in [-0.15, -0.1) is 0 Å². The first-order valence-corrected chi connectivity index (χ1v) is 16.0. The van der Waals surface area contributed by atoms with Crippen LogP contribution in [0.1, 0.15) is 20.8 Å². The van der Waals surface area contributed by atoms with E-state index in [-0.39, 0.29) is 0 Å². The van der Waals surface area contributed by atoms with E-state index in [4.69, 9.17) is 42.6 Å². The van der Waals surface area contributed by atoms with Crippen LogP contribution in [0.3, 0.4) is 0 Å². The predicted octanol–water partition coefficient (Wildman–Crippen LogP) is -7.56. The Balaban J connectivity index is 1.52. The lowest BCUT2D eigenvalue weighted by molar-refractivity contribution is -0.410. The van der Waals surface area contributed by atoms with Gasteiger partial charge in [0, 0.05) is 0 Å². The van der Waals surface area contributed by atoms with Gasteiger partial charge < -0.3 is 104 Å². The summed E-state index contributed by atoms with van der Waals surface area (Å²) in [7, 11) is 0. The molecule has 0 bridgehead atoms. The van der Waals surface area contributed by atoms with Gasteiger partial charge in [0.1, 0.15) is 91.6 Å². The van der Waals surface area contributed by atoms with Crippen LogP contribution in [0, 0.1) is 0 Å². The molecule has 21 heteroatoms. The molecule has 0 amide bonds. The summed E-state index contributed by atoms with van der Waals surface area (Å²) in [5.41, 5.74) is 0. The van der Waals surface area contributed by atoms with Gasteiger partial charge in [0.05, 0.1) is 31.5 Å². The van der Waals surface area contributed by atoms with Gasteiger partial charge in [-0.05, 0) is 20.8 Å². The second-order valence-electron chi connectivity index (χ2n) is 13.0. The molecule has 0 saturated carbocycles. The Hall–Kier alpha value is -0.840. The molecule has 23 atom stereocenters. The third kappa shape index (κ3) is 8.07. The molecule has 5 aliphatic rings. The molecule has 286 valence electrons. The Kier molecular flexibility index (Phi) is 12.9. The summed E-state index contributed by atoms with van der Waals surface area (Å²) >= 11 is 0. The summed E-state index contributed by atoms with van der Waals surface area (Å²) in [6, 6.07) is 0. The van der Waals surface area contributed by atoms with Crippen molar-refractivity contribution in [2.45, 2.75) is 162 Å². The maximum absolute atomic E-state index is 10.8. The smallest absolute Gasteiger partial charge is 0.187 e. The van der Waals surface area contributed by atoms with Gasteiger partial charge >= 0.3 is 0 Å². The zero-order chi connectivity index (χ0) is 36.1. The van der Waals surface area contributed by atoms with Crippen LogP contribution in [0.15, 0.2) is 0 Å². The molecule has 0 spiro atoms. The van der Waals surface area contributed by atoms with Crippen molar-refractivity contribution in [2.24, 2.45) is 0 Å². The van der Waals surface area contributed by atoms with Crippen LogP contribution in [-0.4, -0.2) is 216 Å². The van der Waals surface area contributed by atoms with E-state index >= 15 is 0 Å². The minimum atomic E-state index is -1.89. The van der Waals surface area contributed by atoms with Crippen LogP contribution in [0.2, 0.25) is 0 Å². The highest BCUT2D eigenvalue weighted by molar-refractivity contribution is 4.98. The van der Waals surface area contributed by atoms with E-state index in [0.717, 1.165) is 0 Å². The van der Waals surface area contributed by atoms with Crippen molar-refractivity contribution in [1.82, 2.24) is 0 Å². The fourth-order valence-electron chi connectivity index (χ4n) is 6.29. The van der Waals surface area contributed by atoms with Crippen LogP contribution in [0.5, 0.6) is 0 Å². The first-order chi connectivity index (χ1) is 23.0. The maximum Gasteiger partial charge on any atom is 0.187 e. The normalized spacial score (nSPS) is 56.0. The van der Waals surface area contributed by atoms with Crippen LogP contribution >= 0.6 is 0 Å². The fourth-order valence-corrected chi connectivity index (χ4v) is 6.29. The molecule has 5 aliphatic heterocycles. The molecule has 0 aromatic carbocycles. The van der Waals surface area contributed by atoms with Crippen molar-refractivity contribution >= 4 is 0 Å². The van der Waals surface area contributed by atoms with Crippen molar-refractivity contribution in [2.75, 3.05) is 13.2 Å². The third-order valence-corrected chi connectivity index (χ3v) is 9.41. The van der Waals surface area contributed by atoms with Crippen LogP contribution in [0.4, 0.5) is 0 Å². The highest BCUT2D eigenvalue weighted by Gasteiger charge is 2.56. The van der Waals surface area contributed by atoms with Crippen molar-refractivity contribution < 1.29 is 104 Å². The maximum atomic E-state index is 10.8. The zero-order valence-corrected chi connectivity index (χ0v) is 26.7. The third-order valence-electron chi connectivity index (χ3n) is 9.41. The molecule has 12 N–H and O–H groups in total. The Morgan fingerprint density at radius 3 is 1.39 bits per heavy atom. The van der Waals surface area contributed by atoms with E-state index in [2.05, 4.69) is 0 Å². The number of aliphatic hydroxyl groups is 12. The summed E-state index contributed by atoms with van der Waals surface area (Å²) in [4.78, 5) is 0. The van der Waals surface area contributed by atoms with Crippen LogP contribution < -0.4 is 0 Å². The van der Waals surface area contributed by atoms with E-state index in [9.17, 15) is 61.3 Å². The number of ether oxygens (including phenoxy) is 9. The Morgan fingerprint density at radius 1 is 0.367 bits per heavy atom. The van der Waals surface area contributed by atoms with Crippen LogP contribution in [-0.2, 0) is 42.6 Å². The quantitative estimate of drug-likeness (QED) is 0.111. The average Bonchev–Trinajstić information content (AvgIpc) is 3.06. The Morgan fingerprint density at radius 2 is 0.816 bits per heavy atom. The second kappa shape index (κ2) is 16.0. The van der Waals surface area contributed by atoms with E-state index in [1.54, 1.807) is 0 Å². The van der Waals surface area contributed by atoms with Gasteiger partial charge in [-0.3, -0.25) is 0 Å². The molecule has 5 heterocycles. The van der Waals surface area contributed by atoms with Gasteiger partial charge in [-0.2, -0.15) is 0 Å². The summed E-state index contributed by atoms with van der Waals surface area (Å²) in [5, 5.41) is 125. The minimum Gasteiger partial charge on any atom is -0.388 e. The summed E-state index contributed by atoms with van der Waals surface area (Å²) in [5.74, 6) is 0. The lowest BCUT2D eigenvalue weighted by Gasteiger charge is -2.51. The summed E-state index contributed by atoms with van der Waals surface area (Å²) in [6.07, 6.45) is -37.2. The molecule has 5 fully saturated rings. The fraction of sp³-hybridized carbons (Fsp3) is 1.00. The van der Waals surface area contributed by atoms with E-state index in [0.29, 0.717) is 0 Å². The number of hydrogen-bond acceptors (Lipinski definition) is 21. The lowest BCUT2D eigenvalue weighted by Crippen LogP contribution is -2.68. The van der Waals surface area contributed by atoms with Gasteiger partial charge in [0.25, 0.3) is 0 Å².